The molecule has 2 aliphatic heterocycles. The molecule has 26 heavy (non-hydrogen) atoms. The second-order valence-corrected chi connectivity index (χ2v) is 7.05. The van der Waals surface area contributed by atoms with Gasteiger partial charge in [-0.15, -0.1) is 0 Å². The number of hydrogen-bond acceptors (Lipinski definition) is 2. The largest absolute Gasteiger partial charge is 0.336 e. The highest BCUT2D eigenvalue weighted by atomic mass is 19.1. The predicted molar refractivity (Wildman–Crippen MR) is 97.1 cm³/mol. The zero-order chi connectivity index (χ0) is 18.3. The summed E-state index contributed by atoms with van der Waals surface area (Å²) >= 11 is 0. The van der Waals surface area contributed by atoms with Crippen molar-refractivity contribution >= 4 is 11.8 Å². The van der Waals surface area contributed by atoms with E-state index in [0.29, 0.717) is 12.1 Å². The first-order chi connectivity index (χ1) is 12.5. The van der Waals surface area contributed by atoms with Gasteiger partial charge in [0, 0.05) is 24.7 Å². The Morgan fingerprint density at radius 3 is 2.31 bits per heavy atom. The smallest absolute Gasteiger partial charge is 0.254 e. The summed E-state index contributed by atoms with van der Waals surface area (Å²) in [6.45, 7) is 3.22. The van der Waals surface area contributed by atoms with Gasteiger partial charge >= 0.3 is 0 Å². The van der Waals surface area contributed by atoms with Gasteiger partial charge in [-0.3, -0.25) is 9.59 Å². The van der Waals surface area contributed by atoms with E-state index in [2.05, 4.69) is 0 Å². The van der Waals surface area contributed by atoms with Crippen molar-refractivity contribution in [1.82, 2.24) is 9.80 Å². The Bertz CT molecular complexity index is 832. The molecule has 2 saturated heterocycles. The van der Waals surface area contributed by atoms with E-state index in [1.165, 1.54) is 12.1 Å². The Morgan fingerprint density at radius 1 is 1.04 bits per heavy atom. The van der Waals surface area contributed by atoms with Gasteiger partial charge in [-0.2, -0.15) is 0 Å². The van der Waals surface area contributed by atoms with E-state index in [1.807, 2.05) is 24.0 Å². The number of carbonyl (C=O) groups excluding carboxylic acids is 2. The first-order valence-electron chi connectivity index (χ1n) is 9.02. The van der Waals surface area contributed by atoms with Crippen LogP contribution in [-0.4, -0.2) is 46.8 Å². The van der Waals surface area contributed by atoms with E-state index in [9.17, 15) is 14.0 Å². The van der Waals surface area contributed by atoms with Crippen molar-refractivity contribution in [3.63, 3.8) is 0 Å². The number of fused-ring (bicyclic) bond motifs is 1. The van der Waals surface area contributed by atoms with Gasteiger partial charge in [0.05, 0.1) is 0 Å². The van der Waals surface area contributed by atoms with E-state index < -0.39 is 6.04 Å². The van der Waals surface area contributed by atoms with Gasteiger partial charge in [0.1, 0.15) is 11.9 Å². The van der Waals surface area contributed by atoms with E-state index in [0.717, 1.165) is 30.5 Å². The van der Waals surface area contributed by atoms with Crippen LogP contribution in [0.2, 0.25) is 0 Å². The van der Waals surface area contributed by atoms with E-state index in [4.69, 9.17) is 0 Å². The van der Waals surface area contributed by atoms with Crippen LogP contribution >= 0.6 is 0 Å². The van der Waals surface area contributed by atoms with Crippen LogP contribution in [0.15, 0.2) is 48.5 Å². The number of halogens is 1. The van der Waals surface area contributed by atoms with Crippen LogP contribution in [0.3, 0.4) is 0 Å². The molecule has 2 aromatic carbocycles. The zero-order valence-electron chi connectivity index (χ0n) is 14.7. The van der Waals surface area contributed by atoms with Gasteiger partial charge in [0.25, 0.3) is 5.91 Å². The van der Waals surface area contributed by atoms with Crippen LogP contribution in [0.5, 0.6) is 0 Å². The van der Waals surface area contributed by atoms with Crippen molar-refractivity contribution in [2.75, 3.05) is 13.1 Å². The number of benzene rings is 2. The topological polar surface area (TPSA) is 40.6 Å². The maximum atomic E-state index is 13.1. The number of nitrogens with zero attached hydrogens (tertiary/aromatic N) is 2. The fraction of sp³-hybridized carbons (Fsp3) is 0.333. The highest BCUT2D eigenvalue weighted by Gasteiger charge is 2.42. The molecule has 2 amide bonds. The van der Waals surface area contributed by atoms with Crippen molar-refractivity contribution in [3.8, 4) is 11.1 Å². The van der Waals surface area contributed by atoms with Crippen LogP contribution in [0, 0.1) is 5.82 Å². The molecule has 2 fully saturated rings. The lowest BCUT2D eigenvalue weighted by atomic mass is 10.0. The maximum absolute atomic E-state index is 13.1. The molecule has 0 spiro atoms. The van der Waals surface area contributed by atoms with Crippen LogP contribution in [0.25, 0.3) is 11.1 Å². The summed E-state index contributed by atoms with van der Waals surface area (Å²) in [5.74, 6) is -0.330. The van der Waals surface area contributed by atoms with Crippen molar-refractivity contribution in [1.29, 1.82) is 0 Å². The summed E-state index contributed by atoms with van der Waals surface area (Å²) < 4.78 is 13.1. The second kappa shape index (κ2) is 6.56. The summed E-state index contributed by atoms with van der Waals surface area (Å²) in [6, 6.07) is 13.3. The minimum atomic E-state index is -0.423. The third-order valence-corrected chi connectivity index (χ3v) is 5.46. The third kappa shape index (κ3) is 2.87. The SMILES string of the molecule is C[C@H]1C(=O)N2CCC[C@H]2CN1C(=O)c1ccc(-c2ccc(F)cc2)cc1. The fourth-order valence-electron chi connectivity index (χ4n) is 3.95. The average molecular weight is 352 g/mol. The quantitative estimate of drug-likeness (QED) is 0.832. The number of piperazine rings is 1. The molecular formula is C21H21FN2O2. The van der Waals surface area contributed by atoms with Gasteiger partial charge in [-0.1, -0.05) is 24.3 Å². The monoisotopic (exact) mass is 352 g/mol. The van der Waals surface area contributed by atoms with E-state index >= 15 is 0 Å². The van der Waals surface area contributed by atoms with Crippen LogP contribution in [-0.2, 0) is 4.79 Å². The number of hydrogen-bond donors (Lipinski definition) is 0. The van der Waals surface area contributed by atoms with Gasteiger partial charge in [-0.05, 0) is 55.2 Å². The molecule has 0 aliphatic carbocycles. The van der Waals surface area contributed by atoms with Crippen LogP contribution in [0.1, 0.15) is 30.1 Å². The number of rotatable bonds is 2. The highest BCUT2D eigenvalue weighted by Crippen LogP contribution is 2.27. The Kier molecular flexibility index (Phi) is 4.23. The maximum Gasteiger partial charge on any atom is 0.254 e. The lowest BCUT2D eigenvalue weighted by Gasteiger charge is -2.41. The van der Waals surface area contributed by atoms with Crippen LogP contribution in [0.4, 0.5) is 4.39 Å². The van der Waals surface area contributed by atoms with Crippen LogP contribution < -0.4 is 0 Å². The highest BCUT2D eigenvalue weighted by molar-refractivity contribution is 5.98. The molecule has 2 aliphatic rings. The van der Waals surface area contributed by atoms with Gasteiger partial charge in [-0.25, -0.2) is 4.39 Å². The summed E-state index contributed by atoms with van der Waals surface area (Å²) in [7, 11) is 0. The Morgan fingerprint density at radius 2 is 1.65 bits per heavy atom. The average Bonchev–Trinajstić information content (AvgIpc) is 3.14. The summed E-state index contributed by atoms with van der Waals surface area (Å²) in [5, 5.41) is 0. The molecule has 0 aromatic heterocycles. The lowest BCUT2D eigenvalue weighted by molar-refractivity contribution is -0.141. The third-order valence-electron chi connectivity index (χ3n) is 5.46. The van der Waals surface area contributed by atoms with Crippen molar-refractivity contribution in [2.45, 2.75) is 31.8 Å². The fourth-order valence-corrected chi connectivity index (χ4v) is 3.95. The Hall–Kier alpha value is -2.69. The lowest BCUT2D eigenvalue weighted by Crippen LogP contribution is -2.60. The van der Waals surface area contributed by atoms with Crippen molar-refractivity contribution in [2.24, 2.45) is 0 Å². The first kappa shape index (κ1) is 16.8. The van der Waals surface area contributed by atoms with Gasteiger partial charge < -0.3 is 9.80 Å². The first-order valence-corrected chi connectivity index (χ1v) is 9.02. The summed E-state index contributed by atoms with van der Waals surface area (Å²) in [5.41, 5.74) is 2.39. The number of carbonyl (C=O) groups is 2. The Balaban J connectivity index is 1.54. The molecule has 2 heterocycles. The molecule has 2 aromatic rings. The molecule has 2 atom stereocenters. The predicted octanol–water partition coefficient (Wildman–Crippen LogP) is 3.33. The van der Waals surface area contributed by atoms with Crippen molar-refractivity contribution < 1.29 is 14.0 Å². The molecule has 0 radical (unpaired) electrons. The van der Waals surface area contributed by atoms with E-state index in [1.54, 1.807) is 29.2 Å². The molecule has 0 unspecified atom stereocenters. The second-order valence-electron chi connectivity index (χ2n) is 7.05. The minimum Gasteiger partial charge on any atom is -0.336 e. The van der Waals surface area contributed by atoms with E-state index in [-0.39, 0.29) is 23.7 Å². The minimum absolute atomic E-state index is 0.0510. The molecular weight excluding hydrogens is 331 g/mol. The molecule has 4 nitrogen and oxygen atoms in total. The standard InChI is InChI=1S/C21H21FN2O2/c1-14-20(25)23-12-2-3-19(23)13-24(14)21(26)17-6-4-15(5-7-17)16-8-10-18(22)11-9-16/h4-11,14,19H,2-3,12-13H2,1H3/t14-,19-/m0/s1. The molecule has 0 bridgehead atoms. The van der Waals surface area contributed by atoms with Gasteiger partial charge in [0.2, 0.25) is 5.91 Å². The van der Waals surface area contributed by atoms with Gasteiger partial charge in [0.15, 0.2) is 0 Å². The molecule has 4 rings (SSSR count). The molecule has 0 saturated carbocycles. The Labute approximate surface area is 152 Å². The molecule has 134 valence electrons. The summed E-state index contributed by atoms with van der Waals surface area (Å²) in [4.78, 5) is 29.1. The molecule has 5 heteroatoms. The van der Waals surface area contributed by atoms with Crippen molar-refractivity contribution in [3.05, 3.63) is 59.9 Å². The summed E-state index contributed by atoms with van der Waals surface area (Å²) in [6.07, 6.45) is 1.98. The number of amides is 2. The normalized spacial score (nSPS) is 22.5. The molecule has 0 N–H and O–H groups in total. The zero-order valence-corrected chi connectivity index (χ0v) is 14.7.